The topological polar surface area (TPSA) is 91.6 Å². The third-order valence-electron chi connectivity index (χ3n) is 2.90. The van der Waals surface area contributed by atoms with Crippen LogP contribution in [0.5, 0.6) is 11.5 Å². The van der Waals surface area contributed by atoms with Gasteiger partial charge in [-0.2, -0.15) is 0 Å². The van der Waals surface area contributed by atoms with Crippen LogP contribution in [-0.4, -0.2) is 30.4 Å². The van der Waals surface area contributed by atoms with Crippen LogP contribution >= 0.6 is 0 Å². The number of non-ortho nitro benzene ring substituents is 1. The summed E-state index contributed by atoms with van der Waals surface area (Å²) in [5.74, 6) is 0.492. The Morgan fingerprint density at radius 2 is 1.95 bits per heavy atom. The van der Waals surface area contributed by atoms with Gasteiger partial charge in [0.1, 0.15) is 5.69 Å². The third-order valence-corrected chi connectivity index (χ3v) is 2.90. The van der Waals surface area contributed by atoms with Gasteiger partial charge in [0.25, 0.3) is 5.69 Å². The lowest BCUT2D eigenvalue weighted by Crippen LogP contribution is -2.00. The van der Waals surface area contributed by atoms with Crippen molar-refractivity contribution in [1.82, 2.24) is 4.98 Å². The Kier molecular flexibility index (Phi) is 4.13. The minimum Gasteiger partial charge on any atom is -0.492 e. The Balaban J connectivity index is 2.66. The number of benzene rings is 1. The van der Waals surface area contributed by atoms with E-state index in [-0.39, 0.29) is 17.1 Å². The molecule has 0 amide bonds. The molecule has 0 unspecified atom stereocenters. The summed E-state index contributed by atoms with van der Waals surface area (Å²) in [6, 6.07) is 6.04. The molecule has 2 aromatic rings. The van der Waals surface area contributed by atoms with Gasteiger partial charge >= 0.3 is 0 Å². The van der Waals surface area contributed by atoms with Gasteiger partial charge in [0, 0.05) is 23.9 Å². The van der Waals surface area contributed by atoms with Crippen LogP contribution in [0.25, 0.3) is 11.1 Å². The molecular weight excluding hydrogens is 276 g/mol. The Labute approximate surface area is 120 Å². The summed E-state index contributed by atoms with van der Waals surface area (Å²) in [4.78, 5) is 25.3. The van der Waals surface area contributed by atoms with Gasteiger partial charge in [-0.1, -0.05) is 12.1 Å². The average molecular weight is 288 g/mol. The van der Waals surface area contributed by atoms with Crippen molar-refractivity contribution in [3.63, 3.8) is 0 Å². The fraction of sp³-hybridized carbons (Fsp3) is 0.143. The standard InChI is InChI=1S/C14H12N2O5/c1-20-13-11(7-15-12(8-17)14(13)21-2)9-4-3-5-10(6-9)16(18)19/h3-8H,1-2H3. The fourth-order valence-electron chi connectivity index (χ4n) is 1.97. The van der Waals surface area contributed by atoms with Crippen LogP contribution in [0, 0.1) is 10.1 Å². The molecule has 2 rings (SSSR count). The van der Waals surface area contributed by atoms with E-state index in [0.29, 0.717) is 23.2 Å². The lowest BCUT2D eigenvalue weighted by Gasteiger charge is -2.13. The maximum atomic E-state index is 11.0. The molecule has 0 saturated heterocycles. The van der Waals surface area contributed by atoms with Gasteiger partial charge in [-0.15, -0.1) is 0 Å². The third kappa shape index (κ3) is 2.66. The first-order chi connectivity index (χ1) is 10.1. The largest absolute Gasteiger partial charge is 0.492 e. The van der Waals surface area contributed by atoms with E-state index in [4.69, 9.17) is 9.47 Å². The monoisotopic (exact) mass is 288 g/mol. The minimum absolute atomic E-state index is 0.0482. The van der Waals surface area contributed by atoms with E-state index in [1.807, 2.05) is 0 Å². The number of aldehydes is 1. The predicted octanol–water partition coefficient (Wildman–Crippen LogP) is 2.49. The quantitative estimate of drug-likeness (QED) is 0.477. The zero-order chi connectivity index (χ0) is 15.4. The summed E-state index contributed by atoms with van der Waals surface area (Å²) in [5.41, 5.74) is 1.10. The van der Waals surface area contributed by atoms with Crippen molar-refractivity contribution >= 4 is 12.0 Å². The Morgan fingerprint density at radius 3 is 2.52 bits per heavy atom. The van der Waals surface area contributed by atoms with Gasteiger partial charge < -0.3 is 9.47 Å². The number of nitro groups is 1. The van der Waals surface area contributed by atoms with E-state index in [9.17, 15) is 14.9 Å². The zero-order valence-corrected chi connectivity index (χ0v) is 11.4. The van der Waals surface area contributed by atoms with Crippen LogP contribution in [0.1, 0.15) is 10.5 Å². The molecule has 1 heterocycles. The summed E-state index contributed by atoms with van der Waals surface area (Å²) >= 11 is 0. The van der Waals surface area contributed by atoms with Crippen LogP contribution in [0.2, 0.25) is 0 Å². The van der Waals surface area contributed by atoms with E-state index < -0.39 is 4.92 Å². The zero-order valence-electron chi connectivity index (χ0n) is 11.4. The van der Waals surface area contributed by atoms with Gasteiger partial charge in [-0.25, -0.2) is 4.98 Å². The smallest absolute Gasteiger partial charge is 0.270 e. The molecule has 7 nitrogen and oxygen atoms in total. The van der Waals surface area contributed by atoms with Crippen LogP contribution < -0.4 is 9.47 Å². The molecule has 0 saturated carbocycles. The van der Waals surface area contributed by atoms with Gasteiger partial charge in [0.2, 0.25) is 0 Å². The second kappa shape index (κ2) is 6.00. The lowest BCUT2D eigenvalue weighted by molar-refractivity contribution is -0.384. The molecule has 0 spiro atoms. The highest BCUT2D eigenvalue weighted by atomic mass is 16.6. The number of methoxy groups -OCH3 is 2. The molecule has 0 bridgehead atoms. The van der Waals surface area contributed by atoms with Crippen molar-refractivity contribution in [2.24, 2.45) is 0 Å². The van der Waals surface area contributed by atoms with Crippen molar-refractivity contribution in [2.75, 3.05) is 14.2 Å². The van der Waals surface area contributed by atoms with Gasteiger partial charge in [-0.3, -0.25) is 14.9 Å². The van der Waals surface area contributed by atoms with Crippen LogP contribution in [0.4, 0.5) is 5.69 Å². The molecule has 1 aromatic heterocycles. The Morgan fingerprint density at radius 1 is 1.24 bits per heavy atom. The SMILES string of the molecule is COc1c(-c2cccc([N+](=O)[O-])c2)cnc(C=O)c1OC. The number of rotatable bonds is 5. The Hall–Kier alpha value is -2.96. The molecule has 21 heavy (non-hydrogen) atoms. The maximum Gasteiger partial charge on any atom is 0.270 e. The van der Waals surface area contributed by atoms with E-state index in [1.165, 1.54) is 32.5 Å². The van der Waals surface area contributed by atoms with Crippen LogP contribution in [0.15, 0.2) is 30.5 Å². The molecule has 1 aromatic carbocycles. The normalized spacial score (nSPS) is 10.0. The molecule has 0 aliphatic carbocycles. The molecular formula is C14H12N2O5. The van der Waals surface area contributed by atoms with Gasteiger partial charge in [0.15, 0.2) is 17.8 Å². The predicted molar refractivity (Wildman–Crippen MR) is 74.8 cm³/mol. The minimum atomic E-state index is -0.486. The number of nitro benzene ring substituents is 1. The number of carbonyl (C=O) groups excluding carboxylic acids is 1. The number of ether oxygens (including phenoxy) is 2. The molecule has 0 N–H and O–H groups in total. The molecule has 7 heteroatoms. The molecule has 0 atom stereocenters. The highest BCUT2D eigenvalue weighted by Crippen LogP contribution is 2.39. The van der Waals surface area contributed by atoms with E-state index in [1.54, 1.807) is 12.1 Å². The highest BCUT2D eigenvalue weighted by molar-refractivity contribution is 5.83. The number of hydrogen-bond acceptors (Lipinski definition) is 6. The van der Waals surface area contributed by atoms with Crippen molar-refractivity contribution in [3.8, 4) is 22.6 Å². The Bertz CT molecular complexity index is 700. The van der Waals surface area contributed by atoms with Crippen LogP contribution in [0.3, 0.4) is 0 Å². The highest BCUT2D eigenvalue weighted by Gasteiger charge is 2.18. The summed E-state index contributed by atoms with van der Waals surface area (Å²) in [5, 5.41) is 10.9. The van der Waals surface area contributed by atoms with E-state index in [0.717, 1.165) is 0 Å². The average Bonchev–Trinajstić information content (AvgIpc) is 2.53. The number of hydrogen-bond donors (Lipinski definition) is 0. The van der Waals surface area contributed by atoms with Gasteiger partial charge in [0.05, 0.1) is 19.1 Å². The summed E-state index contributed by atoms with van der Waals surface area (Å²) in [7, 11) is 2.82. The second-order valence-corrected chi connectivity index (χ2v) is 4.05. The number of aromatic nitrogens is 1. The summed E-state index contributed by atoms with van der Waals surface area (Å²) in [6.45, 7) is 0. The second-order valence-electron chi connectivity index (χ2n) is 4.05. The molecule has 0 fully saturated rings. The first-order valence-corrected chi connectivity index (χ1v) is 5.93. The molecule has 0 aliphatic heterocycles. The molecule has 0 radical (unpaired) electrons. The van der Waals surface area contributed by atoms with Crippen molar-refractivity contribution in [2.45, 2.75) is 0 Å². The lowest BCUT2D eigenvalue weighted by atomic mass is 10.0. The number of pyridine rings is 1. The van der Waals surface area contributed by atoms with Crippen molar-refractivity contribution in [1.29, 1.82) is 0 Å². The first kappa shape index (κ1) is 14.4. The molecule has 0 aliphatic rings. The van der Waals surface area contributed by atoms with Crippen LogP contribution in [-0.2, 0) is 0 Å². The fourth-order valence-corrected chi connectivity index (χ4v) is 1.97. The maximum absolute atomic E-state index is 11.0. The van der Waals surface area contributed by atoms with Gasteiger partial charge in [-0.05, 0) is 5.56 Å². The van der Waals surface area contributed by atoms with Crippen molar-refractivity contribution in [3.05, 3.63) is 46.3 Å². The van der Waals surface area contributed by atoms with E-state index in [2.05, 4.69) is 4.98 Å². The van der Waals surface area contributed by atoms with Crippen molar-refractivity contribution < 1.29 is 19.2 Å². The first-order valence-electron chi connectivity index (χ1n) is 5.93. The number of carbonyl (C=O) groups is 1. The number of nitrogens with zero attached hydrogens (tertiary/aromatic N) is 2. The summed E-state index contributed by atoms with van der Waals surface area (Å²) in [6.07, 6.45) is 1.97. The van der Waals surface area contributed by atoms with E-state index >= 15 is 0 Å². The molecule has 108 valence electrons. The summed E-state index contributed by atoms with van der Waals surface area (Å²) < 4.78 is 10.4.